The molecule has 1 atom stereocenters. The van der Waals surface area contributed by atoms with Crippen molar-refractivity contribution in [3.8, 4) is 33.9 Å². The SMILES string of the molecule is NS(=O)(=O)c1ccc(Oc2c(-c3cccc(-c4ccccc4)c3)nn(C3NC(C(=O)O)=CS3)c2C2CC2)cc1. The van der Waals surface area contributed by atoms with Gasteiger partial charge in [0.1, 0.15) is 17.1 Å². The van der Waals surface area contributed by atoms with Crippen LogP contribution in [0.5, 0.6) is 11.5 Å². The maximum absolute atomic E-state index is 11.7. The van der Waals surface area contributed by atoms with E-state index in [1.54, 1.807) is 17.5 Å². The van der Waals surface area contributed by atoms with Crippen molar-refractivity contribution in [1.29, 1.82) is 0 Å². The lowest BCUT2D eigenvalue weighted by atomic mass is 10.0. The molecule has 198 valence electrons. The normalized spacial score (nSPS) is 16.9. The van der Waals surface area contributed by atoms with Crippen LogP contribution in [0.1, 0.15) is 30.0 Å². The Morgan fingerprint density at radius 1 is 1.00 bits per heavy atom. The van der Waals surface area contributed by atoms with Crippen LogP contribution in [0, 0.1) is 0 Å². The Labute approximate surface area is 229 Å². The number of primary sulfonamides is 1. The first-order valence-electron chi connectivity index (χ1n) is 12.2. The van der Waals surface area contributed by atoms with Crippen LogP contribution >= 0.6 is 11.8 Å². The summed E-state index contributed by atoms with van der Waals surface area (Å²) in [5.74, 6) is 0.142. The lowest BCUT2D eigenvalue weighted by Gasteiger charge is -2.16. The number of ether oxygens (including phenoxy) is 1. The van der Waals surface area contributed by atoms with E-state index in [2.05, 4.69) is 5.32 Å². The van der Waals surface area contributed by atoms with Gasteiger partial charge in [0.25, 0.3) is 0 Å². The van der Waals surface area contributed by atoms with E-state index in [4.69, 9.17) is 15.0 Å². The van der Waals surface area contributed by atoms with Crippen molar-refractivity contribution in [3.05, 3.63) is 95.7 Å². The standard InChI is InChI=1S/C28H24N4O5S2/c29-39(35,36)22-13-11-21(12-14-22)37-26-24(20-8-4-7-19(15-20)17-5-2-1-3-6-17)31-32(25(26)18-9-10-18)28-30-23(16-38-28)27(33)34/h1-8,11-16,18,28,30H,9-10H2,(H,33,34)(H2,29,35,36). The van der Waals surface area contributed by atoms with E-state index in [-0.39, 0.29) is 16.5 Å². The summed E-state index contributed by atoms with van der Waals surface area (Å²) in [6, 6.07) is 23.9. The maximum atomic E-state index is 11.7. The number of nitrogens with two attached hydrogens (primary N) is 1. The van der Waals surface area contributed by atoms with E-state index in [1.807, 2.05) is 59.3 Å². The number of nitrogens with one attached hydrogen (secondary N) is 1. The minimum absolute atomic E-state index is 0.0115. The van der Waals surface area contributed by atoms with Crippen LogP contribution in [0.25, 0.3) is 22.4 Å². The molecule has 0 amide bonds. The van der Waals surface area contributed by atoms with Gasteiger partial charge in [-0.15, -0.1) is 0 Å². The van der Waals surface area contributed by atoms with Crippen molar-refractivity contribution in [2.45, 2.75) is 29.2 Å². The molecule has 3 aromatic carbocycles. The topological polar surface area (TPSA) is 137 Å². The van der Waals surface area contributed by atoms with Crippen LogP contribution in [0.4, 0.5) is 0 Å². The average Bonchev–Trinajstić information content (AvgIpc) is 3.51. The van der Waals surface area contributed by atoms with Gasteiger partial charge in [-0.05, 0) is 54.3 Å². The number of carbonyl (C=O) groups is 1. The second-order valence-corrected chi connectivity index (χ2v) is 11.8. The van der Waals surface area contributed by atoms with E-state index < -0.39 is 21.5 Å². The number of aliphatic carboxylic acids is 1. The van der Waals surface area contributed by atoms with Gasteiger partial charge in [0.15, 0.2) is 11.2 Å². The zero-order valence-corrected chi connectivity index (χ0v) is 22.2. The van der Waals surface area contributed by atoms with Gasteiger partial charge < -0.3 is 15.2 Å². The van der Waals surface area contributed by atoms with Crippen LogP contribution in [0.3, 0.4) is 0 Å². The monoisotopic (exact) mass is 560 g/mol. The van der Waals surface area contributed by atoms with Crippen molar-refractivity contribution in [2.24, 2.45) is 5.14 Å². The maximum Gasteiger partial charge on any atom is 0.352 e. The molecular weight excluding hydrogens is 536 g/mol. The Morgan fingerprint density at radius 3 is 2.33 bits per heavy atom. The molecule has 0 bridgehead atoms. The highest BCUT2D eigenvalue weighted by molar-refractivity contribution is 8.02. The minimum atomic E-state index is -3.84. The first-order valence-corrected chi connectivity index (χ1v) is 14.7. The number of rotatable bonds is 8. The Bertz CT molecular complexity index is 1700. The molecule has 1 saturated carbocycles. The quantitative estimate of drug-likeness (QED) is 0.266. The largest absolute Gasteiger partial charge is 0.477 e. The number of hydrogen-bond donors (Lipinski definition) is 3. The summed E-state index contributed by atoms with van der Waals surface area (Å²) in [6.45, 7) is 0. The molecule has 1 aliphatic heterocycles. The molecule has 1 fully saturated rings. The van der Waals surface area contributed by atoms with Crippen LogP contribution in [-0.4, -0.2) is 29.3 Å². The van der Waals surface area contributed by atoms with Crippen molar-refractivity contribution in [1.82, 2.24) is 15.1 Å². The molecular formula is C28H24N4O5S2. The second-order valence-electron chi connectivity index (χ2n) is 9.32. The molecule has 1 aromatic heterocycles. The molecule has 0 spiro atoms. The zero-order valence-electron chi connectivity index (χ0n) is 20.5. The first kappa shape index (κ1) is 25.2. The average molecular weight is 561 g/mol. The third kappa shape index (κ3) is 5.16. The van der Waals surface area contributed by atoms with Gasteiger partial charge in [0, 0.05) is 16.9 Å². The molecule has 9 nitrogen and oxygen atoms in total. The Kier molecular flexibility index (Phi) is 6.42. The number of benzene rings is 3. The Morgan fingerprint density at radius 2 is 1.69 bits per heavy atom. The first-order chi connectivity index (χ1) is 18.8. The fraction of sp³-hybridized carbons (Fsp3) is 0.143. The lowest BCUT2D eigenvalue weighted by Crippen LogP contribution is -2.25. The molecule has 0 saturated heterocycles. The number of thioether (sulfide) groups is 1. The zero-order chi connectivity index (χ0) is 27.1. The van der Waals surface area contributed by atoms with Gasteiger partial charge in [-0.2, -0.15) is 5.10 Å². The summed E-state index contributed by atoms with van der Waals surface area (Å²) in [6.07, 6.45) is 1.90. The number of carboxylic acids is 1. The van der Waals surface area contributed by atoms with Gasteiger partial charge in [0.2, 0.25) is 10.0 Å². The van der Waals surface area contributed by atoms with Crippen molar-refractivity contribution in [2.75, 3.05) is 0 Å². The molecule has 4 aromatic rings. The predicted molar refractivity (Wildman–Crippen MR) is 148 cm³/mol. The predicted octanol–water partition coefficient (Wildman–Crippen LogP) is 5.25. The molecule has 2 heterocycles. The number of sulfonamides is 1. The van der Waals surface area contributed by atoms with Crippen molar-refractivity contribution < 1.29 is 23.1 Å². The lowest BCUT2D eigenvalue weighted by molar-refractivity contribution is -0.133. The van der Waals surface area contributed by atoms with Crippen LogP contribution in [-0.2, 0) is 14.8 Å². The smallest absolute Gasteiger partial charge is 0.352 e. The Balaban J connectivity index is 1.46. The Hall–Kier alpha value is -4.06. The van der Waals surface area contributed by atoms with Gasteiger partial charge in [-0.1, -0.05) is 60.3 Å². The molecule has 1 aliphatic carbocycles. The summed E-state index contributed by atoms with van der Waals surface area (Å²) in [7, 11) is -3.84. The van der Waals surface area contributed by atoms with E-state index in [0.29, 0.717) is 17.2 Å². The summed E-state index contributed by atoms with van der Waals surface area (Å²) < 4.78 is 31.7. The molecule has 11 heteroatoms. The van der Waals surface area contributed by atoms with E-state index in [9.17, 15) is 18.3 Å². The molecule has 0 radical (unpaired) electrons. The molecule has 1 unspecified atom stereocenters. The summed E-state index contributed by atoms with van der Waals surface area (Å²) in [5.41, 5.74) is 4.03. The van der Waals surface area contributed by atoms with Gasteiger partial charge in [0.05, 0.1) is 10.6 Å². The fourth-order valence-corrected chi connectivity index (χ4v) is 5.91. The van der Waals surface area contributed by atoms with Crippen LogP contribution in [0.2, 0.25) is 0 Å². The van der Waals surface area contributed by atoms with Crippen LogP contribution < -0.4 is 15.2 Å². The molecule has 2 aliphatic rings. The fourth-order valence-electron chi connectivity index (χ4n) is 4.49. The third-order valence-corrected chi connectivity index (χ3v) is 8.40. The van der Waals surface area contributed by atoms with Crippen molar-refractivity contribution >= 4 is 27.8 Å². The molecule has 39 heavy (non-hydrogen) atoms. The number of aromatic nitrogens is 2. The van der Waals surface area contributed by atoms with Gasteiger partial charge >= 0.3 is 5.97 Å². The molecule has 4 N–H and O–H groups in total. The van der Waals surface area contributed by atoms with Crippen molar-refractivity contribution in [3.63, 3.8) is 0 Å². The van der Waals surface area contributed by atoms with E-state index >= 15 is 0 Å². The number of hydrogen-bond acceptors (Lipinski definition) is 7. The van der Waals surface area contributed by atoms with Crippen LogP contribution in [0.15, 0.2) is 94.9 Å². The highest BCUT2D eigenvalue weighted by atomic mass is 32.2. The highest BCUT2D eigenvalue weighted by Gasteiger charge is 2.38. The summed E-state index contributed by atoms with van der Waals surface area (Å²) in [5, 5.41) is 24.3. The number of nitrogens with zero attached hydrogens (tertiary/aromatic N) is 2. The third-order valence-electron chi connectivity index (χ3n) is 6.53. The van der Waals surface area contributed by atoms with E-state index in [1.165, 1.54) is 23.9 Å². The van der Waals surface area contributed by atoms with Gasteiger partial charge in [-0.25, -0.2) is 23.0 Å². The molecule has 6 rings (SSSR count). The van der Waals surface area contributed by atoms with E-state index in [0.717, 1.165) is 35.2 Å². The summed E-state index contributed by atoms with van der Waals surface area (Å²) in [4.78, 5) is 11.6. The number of carboxylic acid groups (broad SMARTS) is 1. The minimum Gasteiger partial charge on any atom is -0.477 e. The summed E-state index contributed by atoms with van der Waals surface area (Å²) >= 11 is 1.33. The second kappa shape index (κ2) is 9.92. The highest BCUT2D eigenvalue weighted by Crippen LogP contribution is 2.51. The van der Waals surface area contributed by atoms with Gasteiger partial charge in [-0.3, -0.25) is 0 Å².